The Morgan fingerprint density at radius 2 is 0.647 bits per heavy atom. The van der Waals surface area contributed by atoms with Crippen molar-refractivity contribution in [1.29, 1.82) is 0 Å². The van der Waals surface area contributed by atoms with Crippen molar-refractivity contribution in [1.82, 2.24) is 0 Å². The number of aliphatic hydroxyl groups excluding tert-OH is 2. The van der Waals surface area contributed by atoms with Gasteiger partial charge in [-0.2, -0.15) is 0 Å². The van der Waals surface area contributed by atoms with Gasteiger partial charge in [0.05, 0.1) is 26.4 Å². The van der Waals surface area contributed by atoms with Crippen LogP contribution in [0.2, 0.25) is 0 Å². The van der Waals surface area contributed by atoms with E-state index in [2.05, 4.69) is 142 Å². The lowest BCUT2D eigenvalue weighted by Gasteiger charge is -2.21. The van der Waals surface area contributed by atoms with E-state index in [1.54, 1.807) is 0 Å². The van der Waals surface area contributed by atoms with E-state index in [-0.39, 0.29) is 19.3 Å². The molecule has 5 atom stereocenters. The largest absolute Gasteiger partial charge is 0.472 e. The summed E-state index contributed by atoms with van der Waals surface area (Å²) in [5, 5.41) is 20.5. The zero-order valence-corrected chi connectivity index (χ0v) is 53.2. The topological polar surface area (TPSA) is 231 Å². The van der Waals surface area contributed by atoms with Crippen molar-refractivity contribution < 1.29 is 75.8 Å². The Hall–Kier alpha value is -4.83. The quantitative estimate of drug-likeness (QED) is 0.0146. The number of phosphoric ester groups is 2. The molecule has 0 saturated heterocycles. The molecule has 0 spiro atoms. The van der Waals surface area contributed by atoms with Gasteiger partial charge in [0.25, 0.3) is 0 Å². The number of aliphatic hydroxyl groups is 2. The maximum absolute atomic E-state index is 12.8. The van der Waals surface area contributed by atoms with Gasteiger partial charge in [-0.05, 0) is 116 Å². The lowest BCUT2D eigenvalue weighted by atomic mass is 10.1. The average Bonchev–Trinajstić information content (AvgIpc) is 3.60. The first kappa shape index (κ1) is 80.2. The number of rotatable bonds is 56. The van der Waals surface area contributed by atoms with Crippen LogP contribution in [0.5, 0.6) is 0 Å². The van der Waals surface area contributed by atoms with Gasteiger partial charge in [0, 0.05) is 19.3 Å². The Morgan fingerprint density at radius 1 is 0.341 bits per heavy atom. The van der Waals surface area contributed by atoms with Crippen LogP contribution in [0.3, 0.4) is 0 Å². The molecule has 85 heavy (non-hydrogen) atoms. The highest BCUT2D eigenvalue weighted by Gasteiger charge is 2.29. The average molecular weight is 1230 g/mol. The second-order valence-electron chi connectivity index (χ2n) is 19.7. The molecule has 0 aliphatic rings. The molecule has 18 heteroatoms. The van der Waals surface area contributed by atoms with Gasteiger partial charge < -0.3 is 34.2 Å². The summed E-state index contributed by atoms with van der Waals surface area (Å²) in [6.07, 6.45) is 70.6. The lowest BCUT2D eigenvalue weighted by molar-refractivity contribution is -0.161. The Kier molecular flexibility index (Phi) is 56.1. The van der Waals surface area contributed by atoms with Crippen LogP contribution in [0.4, 0.5) is 0 Å². The van der Waals surface area contributed by atoms with E-state index >= 15 is 0 Å². The second kappa shape index (κ2) is 59.5. The number of allylic oxidation sites excluding steroid dienone is 26. The molecule has 0 aromatic rings. The lowest BCUT2D eigenvalue weighted by Crippen LogP contribution is -2.30. The molecule has 0 radical (unpaired) electrons. The molecule has 0 aromatic carbocycles. The molecule has 5 unspecified atom stereocenters. The van der Waals surface area contributed by atoms with E-state index in [0.29, 0.717) is 32.1 Å². The minimum Gasteiger partial charge on any atom is -0.463 e. The first-order valence-electron chi connectivity index (χ1n) is 30.8. The van der Waals surface area contributed by atoms with Crippen LogP contribution in [0.1, 0.15) is 188 Å². The van der Waals surface area contributed by atoms with Gasteiger partial charge >= 0.3 is 33.6 Å². The highest BCUT2D eigenvalue weighted by atomic mass is 31.2. The standard InChI is InChI=1S/C67H106O16P2/c1-4-7-10-13-16-19-22-24-26-28-30-32-34-36-39-41-44-47-50-53-65(70)77-56-62(68)57-79-84(73,74)80-58-63(69)59-81-85(75,76)82-61-64(83-67(72)55-52-49-46-43-38-21-18-15-12-9-6-3)60-78-66(71)54-51-48-45-42-40-37-35-33-31-29-27-25-23-20-17-14-11-8-5-2/h7-8,10-11,15-20,24-27,30-33,36-37,39-40,44-45,47-48,62-64,68-69H,4-6,9,12-14,21-23,28-29,34-35,38,41-43,46,49-61H2,1-3H3,(H,73,74)(H,75,76)/b10-7-,11-8-,18-15-,19-16-,20-17-,26-24-,27-25-,32-30-,33-31-,39-36-,40-37-,47-44-,48-45-. The predicted octanol–water partition coefficient (Wildman–Crippen LogP) is 16.4. The number of carbonyl (C=O) groups excluding carboxylic acids is 3. The fraction of sp³-hybridized carbons (Fsp3) is 0.567. The van der Waals surface area contributed by atoms with E-state index in [4.69, 9.17) is 32.3 Å². The molecule has 0 amide bonds. The van der Waals surface area contributed by atoms with Crippen molar-refractivity contribution in [2.75, 3.05) is 39.6 Å². The first-order valence-corrected chi connectivity index (χ1v) is 33.8. The molecule has 0 fully saturated rings. The zero-order valence-electron chi connectivity index (χ0n) is 51.5. The Labute approximate surface area is 510 Å². The van der Waals surface area contributed by atoms with E-state index in [0.717, 1.165) is 103 Å². The van der Waals surface area contributed by atoms with E-state index in [1.165, 1.54) is 12.8 Å². The smallest absolute Gasteiger partial charge is 0.463 e. The predicted molar refractivity (Wildman–Crippen MR) is 343 cm³/mol. The minimum absolute atomic E-state index is 0.0362. The summed E-state index contributed by atoms with van der Waals surface area (Å²) in [6.45, 7) is 2.14. The molecule has 480 valence electrons. The van der Waals surface area contributed by atoms with E-state index in [1.807, 2.05) is 36.5 Å². The number of phosphoric acid groups is 2. The van der Waals surface area contributed by atoms with Crippen LogP contribution in [-0.4, -0.2) is 95.9 Å². The molecule has 0 saturated carbocycles. The van der Waals surface area contributed by atoms with Gasteiger partial charge in [0.1, 0.15) is 25.4 Å². The van der Waals surface area contributed by atoms with Crippen molar-refractivity contribution in [2.45, 2.75) is 206 Å². The fourth-order valence-electron chi connectivity index (χ4n) is 7.07. The van der Waals surface area contributed by atoms with E-state index in [9.17, 15) is 43.5 Å². The Morgan fingerprint density at radius 3 is 1.04 bits per heavy atom. The van der Waals surface area contributed by atoms with Crippen molar-refractivity contribution in [2.24, 2.45) is 0 Å². The first-order chi connectivity index (χ1) is 41.2. The number of hydrogen-bond donors (Lipinski definition) is 4. The molecule has 0 bridgehead atoms. The number of unbranched alkanes of at least 4 members (excludes halogenated alkanes) is 7. The van der Waals surface area contributed by atoms with E-state index < -0.39 is 91.5 Å². The summed E-state index contributed by atoms with van der Waals surface area (Å²) in [5.41, 5.74) is 0. The molecular weight excluding hydrogens is 1120 g/mol. The maximum Gasteiger partial charge on any atom is 0.472 e. The third-order valence-corrected chi connectivity index (χ3v) is 13.6. The fourth-order valence-corrected chi connectivity index (χ4v) is 8.66. The van der Waals surface area contributed by atoms with Crippen LogP contribution in [-0.2, 0) is 55.8 Å². The summed E-state index contributed by atoms with van der Waals surface area (Å²) in [6, 6.07) is 0. The molecule has 16 nitrogen and oxygen atoms in total. The van der Waals surface area contributed by atoms with Crippen LogP contribution in [0.15, 0.2) is 158 Å². The Bertz CT molecular complexity index is 2180. The van der Waals surface area contributed by atoms with Gasteiger partial charge in [-0.15, -0.1) is 0 Å². The Balaban J connectivity index is 4.79. The monoisotopic (exact) mass is 1230 g/mol. The molecule has 0 aliphatic carbocycles. The maximum atomic E-state index is 12.8. The molecule has 0 heterocycles. The summed E-state index contributed by atoms with van der Waals surface area (Å²) in [5.74, 6) is -1.79. The van der Waals surface area contributed by atoms with Gasteiger partial charge in [0.15, 0.2) is 6.10 Å². The van der Waals surface area contributed by atoms with Crippen molar-refractivity contribution in [3.05, 3.63) is 158 Å². The summed E-state index contributed by atoms with van der Waals surface area (Å²) < 4.78 is 60.4. The molecule has 0 aromatic heterocycles. The van der Waals surface area contributed by atoms with Gasteiger partial charge in [0.2, 0.25) is 0 Å². The number of esters is 3. The van der Waals surface area contributed by atoms with Crippen LogP contribution in [0, 0.1) is 0 Å². The molecule has 4 N–H and O–H groups in total. The number of hydrogen-bond acceptors (Lipinski definition) is 14. The highest BCUT2D eigenvalue weighted by Crippen LogP contribution is 2.45. The minimum atomic E-state index is -4.95. The van der Waals surface area contributed by atoms with Crippen molar-refractivity contribution in [3.63, 3.8) is 0 Å². The van der Waals surface area contributed by atoms with Crippen LogP contribution >= 0.6 is 15.6 Å². The molecule has 0 aliphatic heterocycles. The zero-order chi connectivity index (χ0) is 62.4. The van der Waals surface area contributed by atoms with Gasteiger partial charge in [-0.1, -0.05) is 211 Å². The number of carbonyl (C=O) groups is 3. The highest BCUT2D eigenvalue weighted by molar-refractivity contribution is 7.47. The summed E-state index contributed by atoms with van der Waals surface area (Å²) >= 11 is 0. The second-order valence-corrected chi connectivity index (χ2v) is 22.6. The third-order valence-electron chi connectivity index (χ3n) is 11.7. The molecular formula is C67H106O16P2. The summed E-state index contributed by atoms with van der Waals surface area (Å²) in [7, 11) is -9.82. The van der Waals surface area contributed by atoms with Crippen molar-refractivity contribution >= 4 is 33.6 Å². The van der Waals surface area contributed by atoms with Gasteiger partial charge in [-0.3, -0.25) is 32.5 Å². The molecule has 0 rings (SSSR count). The SMILES string of the molecule is CC/C=C\C/C=C\C/C=C\C/C=C\C/C=C\C/C=C\CCC(=O)OCC(O)COP(=O)(O)OCC(O)COP(=O)(O)OCC(COC(=O)CC/C=C\C/C=C\C/C=C\C/C=C\C/C=C\C/C=C\CC)OC(=O)CCCCCCC/C=C\CCCC. The van der Waals surface area contributed by atoms with Gasteiger partial charge in [-0.25, -0.2) is 9.13 Å². The normalized spacial score (nSPS) is 15.4. The van der Waals surface area contributed by atoms with Crippen molar-refractivity contribution in [3.8, 4) is 0 Å². The van der Waals surface area contributed by atoms with Crippen LogP contribution in [0.25, 0.3) is 0 Å². The number of ether oxygens (including phenoxy) is 3. The third kappa shape index (κ3) is 60.6. The summed E-state index contributed by atoms with van der Waals surface area (Å²) in [4.78, 5) is 58.0. The van der Waals surface area contributed by atoms with Crippen LogP contribution < -0.4 is 0 Å².